The summed E-state index contributed by atoms with van der Waals surface area (Å²) < 4.78 is 69.3. The van der Waals surface area contributed by atoms with E-state index in [2.05, 4.69) is 9.46 Å². The number of carbonyl (C=O) groups excluding carboxylic acids is 1. The summed E-state index contributed by atoms with van der Waals surface area (Å²) in [5.41, 5.74) is 3.12. The summed E-state index contributed by atoms with van der Waals surface area (Å²) in [6.07, 6.45) is -4.91. The molecule has 0 heterocycles. The van der Waals surface area contributed by atoms with Crippen molar-refractivity contribution in [1.82, 2.24) is 4.72 Å². The van der Waals surface area contributed by atoms with Crippen LogP contribution in [0.2, 0.25) is 0 Å². The molecule has 1 atom stereocenters. The Hall–Kier alpha value is -1.36. The molecule has 23 heavy (non-hydrogen) atoms. The highest BCUT2D eigenvalue weighted by Gasteiger charge is 2.37. The second-order valence-electron chi connectivity index (χ2n) is 4.45. The highest BCUT2D eigenvalue weighted by atomic mass is 35.5. The number of rotatable bonds is 5. The van der Waals surface area contributed by atoms with E-state index in [1.807, 2.05) is 0 Å². The van der Waals surface area contributed by atoms with Gasteiger partial charge in [-0.05, 0) is 25.1 Å². The van der Waals surface area contributed by atoms with Crippen LogP contribution in [-0.4, -0.2) is 34.1 Å². The molecule has 0 aromatic heterocycles. The number of ether oxygens (including phenoxy) is 1. The predicted octanol–water partition coefficient (Wildman–Crippen LogP) is 1.54. The Morgan fingerprint density at radius 3 is 2.39 bits per heavy atom. The van der Waals surface area contributed by atoms with E-state index < -0.39 is 44.2 Å². The van der Waals surface area contributed by atoms with E-state index >= 15 is 0 Å². The van der Waals surface area contributed by atoms with Crippen molar-refractivity contribution < 1.29 is 31.1 Å². The first-order chi connectivity index (χ1) is 10.0. The topological polar surface area (TPSA) is 98.5 Å². The average molecular weight is 377 g/mol. The minimum Gasteiger partial charge on any atom is -0.465 e. The molecule has 0 spiro atoms. The van der Waals surface area contributed by atoms with Gasteiger partial charge in [-0.25, -0.2) is 17.9 Å². The van der Waals surface area contributed by atoms with Crippen molar-refractivity contribution >= 4 is 28.4 Å². The fraction of sp³-hybridized carbons (Fsp3) is 0.417. The number of nitrogens with two attached hydrogens (primary N) is 1. The van der Waals surface area contributed by atoms with Crippen molar-refractivity contribution in [3.63, 3.8) is 0 Å². The molecule has 0 fully saturated rings. The van der Waals surface area contributed by atoms with Crippen LogP contribution >= 0.6 is 12.4 Å². The predicted molar refractivity (Wildman–Crippen MR) is 78.9 cm³/mol. The summed E-state index contributed by atoms with van der Waals surface area (Å²) in [4.78, 5) is 10.7. The number of carbonyl (C=O) groups is 1. The number of nitrogens with one attached hydrogen (secondary N) is 1. The van der Waals surface area contributed by atoms with E-state index in [0.29, 0.717) is 6.07 Å². The van der Waals surface area contributed by atoms with Gasteiger partial charge in [0.05, 0.1) is 23.1 Å². The number of hydrogen-bond donors (Lipinski definition) is 2. The molecule has 0 aliphatic rings. The number of hydrogen-bond acceptors (Lipinski definition) is 5. The van der Waals surface area contributed by atoms with E-state index in [-0.39, 0.29) is 19.0 Å². The van der Waals surface area contributed by atoms with Crippen molar-refractivity contribution in [2.24, 2.45) is 5.73 Å². The molecule has 0 radical (unpaired) electrons. The lowest BCUT2D eigenvalue weighted by atomic mass is 10.1. The van der Waals surface area contributed by atoms with Gasteiger partial charge in [-0.15, -0.1) is 12.4 Å². The van der Waals surface area contributed by atoms with Gasteiger partial charge in [0.15, 0.2) is 0 Å². The molecule has 1 aromatic carbocycles. The van der Waals surface area contributed by atoms with Crippen LogP contribution in [0.15, 0.2) is 23.1 Å². The van der Waals surface area contributed by atoms with E-state index in [1.165, 1.54) is 6.92 Å². The minimum absolute atomic E-state index is 0. The smallest absolute Gasteiger partial charge is 0.417 e. The maximum absolute atomic E-state index is 13.0. The lowest BCUT2D eigenvalue weighted by Crippen LogP contribution is -2.37. The molecule has 0 aliphatic heterocycles. The van der Waals surface area contributed by atoms with Crippen molar-refractivity contribution in [3.8, 4) is 0 Å². The Morgan fingerprint density at radius 2 is 1.96 bits per heavy atom. The molecule has 3 N–H and O–H groups in total. The van der Waals surface area contributed by atoms with Gasteiger partial charge in [0.2, 0.25) is 10.0 Å². The van der Waals surface area contributed by atoms with Gasteiger partial charge in [-0.3, -0.25) is 0 Å². The summed E-state index contributed by atoms with van der Waals surface area (Å²) >= 11 is 0. The largest absolute Gasteiger partial charge is 0.465 e. The zero-order valence-corrected chi connectivity index (χ0v) is 13.8. The second kappa shape index (κ2) is 7.95. The van der Waals surface area contributed by atoms with Gasteiger partial charge in [-0.2, -0.15) is 13.2 Å². The maximum Gasteiger partial charge on any atom is 0.417 e. The van der Waals surface area contributed by atoms with Gasteiger partial charge in [0.1, 0.15) is 0 Å². The standard InChI is InChI=1S/C12H15F3N2O4S.ClH/c1-7(6-16)17-22(19,20)8-3-4-9(11(18)21-2)10(5-8)12(13,14)15;/h3-5,7,17H,6,16H2,1-2H3;1H/t7-;/m1./s1. The summed E-state index contributed by atoms with van der Waals surface area (Å²) in [7, 11) is -3.26. The molecule has 6 nitrogen and oxygen atoms in total. The molecule has 0 aliphatic carbocycles. The third-order valence-corrected chi connectivity index (χ3v) is 4.31. The first kappa shape index (κ1) is 21.6. The molecule has 1 rings (SSSR count). The zero-order chi connectivity index (χ0) is 17.1. The summed E-state index contributed by atoms with van der Waals surface area (Å²) in [5, 5.41) is 0. The summed E-state index contributed by atoms with van der Waals surface area (Å²) in [5.74, 6) is -1.21. The SMILES string of the molecule is COC(=O)c1ccc(S(=O)(=O)N[C@H](C)CN)cc1C(F)(F)F.Cl. The third kappa shape index (κ3) is 5.34. The molecule has 0 bridgehead atoms. The Bertz CT molecular complexity index is 665. The maximum atomic E-state index is 13.0. The van der Waals surface area contributed by atoms with Gasteiger partial charge < -0.3 is 10.5 Å². The lowest BCUT2D eigenvalue weighted by Gasteiger charge is -2.15. The third-order valence-electron chi connectivity index (χ3n) is 2.72. The van der Waals surface area contributed by atoms with E-state index in [9.17, 15) is 26.4 Å². The van der Waals surface area contributed by atoms with Gasteiger partial charge in [0.25, 0.3) is 0 Å². The fourth-order valence-electron chi connectivity index (χ4n) is 1.59. The van der Waals surface area contributed by atoms with Crippen molar-refractivity contribution in [2.45, 2.75) is 24.0 Å². The normalized spacial score (nSPS) is 13.1. The summed E-state index contributed by atoms with van der Waals surface area (Å²) in [6.45, 7) is 1.44. The van der Waals surface area contributed by atoms with Crippen LogP contribution in [-0.2, 0) is 20.9 Å². The van der Waals surface area contributed by atoms with E-state index in [4.69, 9.17) is 5.73 Å². The Labute approximate surface area is 137 Å². The van der Waals surface area contributed by atoms with Crippen LogP contribution in [0.5, 0.6) is 0 Å². The molecule has 1 aromatic rings. The number of esters is 1. The van der Waals surface area contributed by atoms with Crippen LogP contribution in [0.1, 0.15) is 22.8 Å². The van der Waals surface area contributed by atoms with Crippen LogP contribution in [0.3, 0.4) is 0 Å². The number of halogens is 4. The number of alkyl halides is 3. The molecule has 0 saturated heterocycles. The number of sulfonamides is 1. The van der Waals surface area contributed by atoms with E-state index in [1.54, 1.807) is 0 Å². The quantitative estimate of drug-likeness (QED) is 0.759. The molecule has 11 heteroatoms. The number of methoxy groups -OCH3 is 1. The van der Waals surface area contributed by atoms with Crippen LogP contribution in [0.4, 0.5) is 13.2 Å². The summed E-state index contributed by atoms with van der Waals surface area (Å²) in [6, 6.07) is 1.39. The average Bonchev–Trinajstić information content (AvgIpc) is 2.44. The molecular weight excluding hydrogens is 361 g/mol. The molecule has 0 amide bonds. The first-order valence-electron chi connectivity index (χ1n) is 6.05. The number of benzene rings is 1. The second-order valence-corrected chi connectivity index (χ2v) is 6.17. The van der Waals surface area contributed by atoms with Crippen molar-refractivity contribution in [2.75, 3.05) is 13.7 Å². The minimum atomic E-state index is -4.91. The molecule has 0 saturated carbocycles. The Balaban J connectivity index is 0.00000484. The van der Waals surface area contributed by atoms with Crippen LogP contribution < -0.4 is 10.5 Å². The van der Waals surface area contributed by atoms with Crippen molar-refractivity contribution in [1.29, 1.82) is 0 Å². The van der Waals surface area contributed by atoms with E-state index in [0.717, 1.165) is 19.2 Å². The van der Waals surface area contributed by atoms with Crippen LogP contribution in [0, 0.1) is 0 Å². The highest BCUT2D eigenvalue weighted by molar-refractivity contribution is 7.89. The zero-order valence-electron chi connectivity index (χ0n) is 12.2. The molecule has 132 valence electrons. The van der Waals surface area contributed by atoms with Gasteiger partial charge >= 0.3 is 12.1 Å². The highest BCUT2D eigenvalue weighted by Crippen LogP contribution is 2.34. The Morgan fingerprint density at radius 1 is 1.39 bits per heavy atom. The van der Waals surface area contributed by atoms with Gasteiger partial charge in [0, 0.05) is 12.6 Å². The molecular formula is C12H16ClF3N2O4S. The van der Waals surface area contributed by atoms with Crippen LogP contribution in [0.25, 0.3) is 0 Å². The Kier molecular flexibility index (Phi) is 7.48. The molecule has 0 unspecified atom stereocenters. The fourth-order valence-corrected chi connectivity index (χ4v) is 2.88. The lowest BCUT2D eigenvalue weighted by molar-refractivity contribution is -0.138. The van der Waals surface area contributed by atoms with Gasteiger partial charge in [-0.1, -0.05) is 0 Å². The monoisotopic (exact) mass is 376 g/mol. The first-order valence-corrected chi connectivity index (χ1v) is 7.53. The van der Waals surface area contributed by atoms with Crippen molar-refractivity contribution in [3.05, 3.63) is 29.3 Å².